The van der Waals surface area contributed by atoms with Crippen LogP contribution in [0, 0.1) is 12.3 Å². The van der Waals surface area contributed by atoms with Crippen LogP contribution in [-0.2, 0) is 0 Å². The lowest BCUT2D eigenvalue weighted by molar-refractivity contribution is 0.261. The van der Waals surface area contributed by atoms with Crippen molar-refractivity contribution >= 4 is 0 Å². The Balaban J connectivity index is 2.25. The van der Waals surface area contributed by atoms with E-state index in [0.29, 0.717) is 0 Å². The van der Waals surface area contributed by atoms with E-state index >= 15 is 0 Å². The Kier molecular flexibility index (Phi) is 1.25. The highest BCUT2D eigenvalue weighted by molar-refractivity contribution is 5.18. The van der Waals surface area contributed by atoms with Crippen molar-refractivity contribution in [2.45, 2.75) is 31.2 Å². The molecule has 0 amide bonds. The molecule has 2 heterocycles. The molecule has 0 aromatic heterocycles. The van der Waals surface area contributed by atoms with E-state index < -0.39 is 0 Å². The largest absolute Gasteiger partial charge is 0.287 e. The third kappa shape index (κ3) is 0.630. The summed E-state index contributed by atoms with van der Waals surface area (Å²) in [6, 6.07) is 0. The first-order valence-corrected chi connectivity index (χ1v) is 4.10. The minimum Gasteiger partial charge on any atom is -0.287 e. The third-order valence-electron chi connectivity index (χ3n) is 2.91. The highest BCUT2D eigenvalue weighted by Gasteiger charge is 2.42. The fourth-order valence-electron chi connectivity index (χ4n) is 2.34. The fraction of sp³-hybridized carbons (Fsp3) is 0.778. The average Bonchev–Trinajstić information content (AvgIpc) is 2.42. The summed E-state index contributed by atoms with van der Waals surface area (Å²) in [4.78, 5) is 2.48. The van der Waals surface area contributed by atoms with Gasteiger partial charge in [0, 0.05) is 0 Å². The topological polar surface area (TPSA) is 3.24 Å². The Hall–Kier alpha value is -0.480. The predicted molar refractivity (Wildman–Crippen MR) is 41.6 cm³/mol. The van der Waals surface area contributed by atoms with Crippen molar-refractivity contribution in [3.05, 3.63) is 0 Å². The van der Waals surface area contributed by atoms with E-state index in [9.17, 15) is 0 Å². The second kappa shape index (κ2) is 2.00. The zero-order valence-electron chi connectivity index (χ0n) is 6.27. The number of nitrogens with zero attached hydrogens (tertiary/aromatic N) is 1. The Morgan fingerprint density at radius 3 is 2.20 bits per heavy atom. The summed E-state index contributed by atoms with van der Waals surface area (Å²) in [5.74, 6) is 2.97. The minimum atomic E-state index is 0.208. The van der Waals surface area contributed by atoms with Gasteiger partial charge in [-0.25, -0.2) is 0 Å². The number of hydrogen-bond acceptors (Lipinski definition) is 1. The summed E-state index contributed by atoms with van der Waals surface area (Å²) in [5, 5.41) is 0. The quantitative estimate of drug-likeness (QED) is 0.452. The standard InChI is InChI=1S/C9H13N/c1-2-9-5-3-7-10(9)8-4-6-9/h1H,3-8H2. The maximum atomic E-state index is 5.52. The lowest BCUT2D eigenvalue weighted by Gasteiger charge is -2.25. The van der Waals surface area contributed by atoms with Gasteiger partial charge in [0.2, 0.25) is 0 Å². The molecular weight excluding hydrogens is 122 g/mol. The molecule has 0 bridgehead atoms. The molecule has 2 fully saturated rings. The monoisotopic (exact) mass is 135 g/mol. The molecule has 1 heteroatoms. The second-order valence-electron chi connectivity index (χ2n) is 3.37. The lowest BCUT2D eigenvalue weighted by atomic mass is 9.96. The zero-order chi connectivity index (χ0) is 7.03. The molecule has 0 aromatic rings. The number of hydrogen-bond donors (Lipinski definition) is 0. The molecule has 0 radical (unpaired) electrons. The van der Waals surface area contributed by atoms with E-state index in [2.05, 4.69) is 10.8 Å². The summed E-state index contributed by atoms with van der Waals surface area (Å²) in [7, 11) is 0. The van der Waals surface area contributed by atoms with Crippen molar-refractivity contribution in [1.29, 1.82) is 0 Å². The Bertz CT molecular complexity index is 168. The van der Waals surface area contributed by atoms with Crippen LogP contribution in [0.5, 0.6) is 0 Å². The van der Waals surface area contributed by atoms with E-state index in [-0.39, 0.29) is 5.54 Å². The smallest absolute Gasteiger partial charge is 0.0824 e. The van der Waals surface area contributed by atoms with Gasteiger partial charge >= 0.3 is 0 Å². The summed E-state index contributed by atoms with van der Waals surface area (Å²) in [6.07, 6.45) is 10.6. The van der Waals surface area contributed by atoms with Gasteiger partial charge in [0.15, 0.2) is 0 Å². The molecule has 0 spiro atoms. The Labute approximate surface area is 62.4 Å². The van der Waals surface area contributed by atoms with Crippen LogP contribution >= 0.6 is 0 Å². The van der Waals surface area contributed by atoms with Gasteiger partial charge in [-0.2, -0.15) is 0 Å². The van der Waals surface area contributed by atoms with Gasteiger partial charge in [-0.1, -0.05) is 5.92 Å². The number of fused-ring (bicyclic) bond motifs is 1. The third-order valence-corrected chi connectivity index (χ3v) is 2.91. The van der Waals surface area contributed by atoms with Crippen LogP contribution in [0.2, 0.25) is 0 Å². The molecule has 54 valence electrons. The summed E-state index contributed by atoms with van der Waals surface area (Å²) in [5.41, 5.74) is 0.208. The molecule has 2 rings (SSSR count). The minimum absolute atomic E-state index is 0.208. The van der Waals surface area contributed by atoms with Crippen LogP contribution in [0.25, 0.3) is 0 Å². The fourth-order valence-corrected chi connectivity index (χ4v) is 2.34. The molecule has 1 nitrogen and oxygen atoms in total. The number of rotatable bonds is 0. The van der Waals surface area contributed by atoms with Crippen molar-refractivity contribution in [2.24, 2.45) is 0 Å². The van der Waals surface area contributed by atoms with Gasteiger partial charge < -0.3 is 0 Å². The highest BCUT2D eigenvalue weighted by atomic mass is 15.2. The molecule has 0 N–H and O–H groups in total. The molecule has 2 aliphatic heterocycles. The molecule has 0 unspecified atom stereocenters. The normalized spacial score (nSPS) is 29.9. The predicted octanol–water partition coefficient (Wildman–Crippen LogP) is 1.25. The van der Waals surface area contributed by atoms with Gasteiger partial charge in [0.05, 0.1) is 5.54 Å². The van der Waals surface area contributed by atoms with Crippen LogP contribution in [0.4, 0.5) is 0 Å². The Morgan fingerprint density at radius 1 is 1.20 bits per heavy atom. The number of terminal acetylenes is 1. The van der Waals surface area contributed by atoms with E-state index in [1.807, 2.05) is 0 Å². The molecular formula is C9H13N. The zero-order valence-corrected chi connectivity index (χ0v) is 6.27. The molecule has 0 atom stereocenters. The van der Waals surface area contributed by atoms with Crippen LogP contribution in [0.1, 0.15) is 25.7 Å². The van der Waals surface area contributed by atoms with E-state index in [1.54, 1.807) is 0 Å². The summed E-state index contributed by atoms with van der Waals surface area (Å²) < 4.78 is 0. The highest BCUT2D eigenvalue weighted by Crippen LogP contribution is 2.37. The molecule has 0 aliphatic carbocycles. The lowest BCUT2D eigenvalue weighted by Crippen LogP contribution is -2.36. The van der Waals surface area contributed by atoms with Crippen LogP contribution in [-0.4, -0.2) is 23.5 Å². The van der Waals surface area contributed by atoms with Crippen molar-refractivity contribution in [3.63, 3.8) is 0 Å². The SMILES string of the molecule is C#CC12CCCN1CCC2. The van der Waals surface area contributed by atoms with E-state index in [4.69, 9.17) is 6.42 Å². The molecule has 0 saturated carbocycles. The first kappa shape index (κ1) is 6.24. The second-order valence-corrected chi connectivity index (χ2v) is 3.37. The molecule has 0 aromatic carbocycles. The summed E-state index contributed by atoms with van der Waals surface area (Å²) >= 11 is 0. The van der Waals surface area contributed by atoms with Crippen molar-refractivity contribution in [2.75, 3.05) is 13.1 Å². The van der Waals surface area contributed by atoms with Crippen LogP contribution in [0.15, 0.2) is 0 Å². The van der Waals surface area contributed by atoms with E-state index in [0.717, 1.165) is 0 Å². The van der Waals surface area contributed by atoms with Crippen molar-refractivity contribution < 1.29 is 0 Å². The van der Waals surface area contributed by atoms with Gasteiger partial charge in [0.1, 0.15) is 0 Å². The van der Waals surface area contributed by atoms with Crippen LogP contribution in [0.3, 0.4) is 0 Å². The van der Waals surface area contributed by atoms with Crippen molar-refractivity contribution in [1.82, 2.24) is 4.90 Å². The van der Waals surface area contributed by atoms with E-state index in [1.165, 1.54) is 38.8 Å². The van der Waals surface area contributed by atoms with Crippen molar-refractivity contribution in [3.8, 4) is 12.3 Å². The maximum absolute atomic E-state index is 5.52. The molecule has 10 heavy (non-hydrogen) atoms. The van der Waals surface area contributed by atoms with Gasteiger partial charge in [0.25, 0.3) is 0 Å². The maximum Gasteiger partial charge on any atom is 0.0824 e. The average molecular weight is 135 g/mol. The molecule has 2 saturated heterocycles. The Morgan fingerprint density at radius 2 is 1.80 bits per heavy atom. The van der Waals surface area contributed by atoms with Gasteiger partial charge in [-0.15, -0.1) is 6.42 Å². The summed E-state index contributed by atoms with van der Waals surface area (Å²) in [6.45, 7) is 2.48. The first-order valence-electron chi connectivity index (χ1n) is 4.10. The first-order chi connectivity index (χ1) is 4.87. The van der Waals surface area contributed by atoms with Gasteiger partial charge in [-0.3, -0.25) is 4.90 Å². The van der Waals surface area contributed by atoms with Gasteiger partial charge in [-0.05, 0) is 38.8 Å². The van der Waals surface area contributed by atoms with Crippen LogP contribution < -0.4 is 0 Å². The molecule has 2 aliphatic rings.